The molecule has 1 atom stereocenters. The Kier molecular flexibility index (Phi) is 3.86. The van der Waals surface area contributed by atoms with Crippen molar-refractivity contribution >= 4 is 11.6 Å². The number of carbonyl (C=O) groups is 1. The minimum absolute atomic E-state index is 0.0835. The van der Waals surface area contributed by atoms with Gasteiger partial charge in [0.05, 0.1) is 17.4 Å². The Hall–Kier alpha value is -2.36. The van der Waals surface area contributed by atoms with E-state index in [0.29, 0.717) is 11.5 Å². The predicted octanol–water partition coefficient (Wildman–Crippen LogP) is 2.75. The highest BCUT2D eigenvalue weighted by Gasteiger charge is 2.28. The molecule has 2 heterocycles. The van der Waals surface area contributed by atoms with Gasteiger partial charge in [0.1, 0.15) is 0 Å². The summed E-state index contributed by atoms with van der Waals surface area (Å²) in [5.74, 6) is 0.523. The number of likely N-dealkylation sites (tertiary alicyclic amines) is 1. The maximum absolute atomic E-state index is 12.7. The molecule has 1 aliphatic heterocycles. The van der Waals surface area contributed by atoms with Crippen LogP contribution in [0.25, 0.3) is 0 Å². The second-order valence-electron chi connectivity index (χ2n) is 5.32. The molecule has 1 amide bonds. The number of hydrogen-bond donors (Lipinski definition) is 1. The van der Waals surface area contributed by atoms with E-state index in [-0.39, 0.29) is 5.91 Å². The molecule has 1 aliphatic rings. The van der Waals surface area contributed by atoms with Crippen LogP contribution in [0, 0.1) is 0 Å². The number of amides is 1. The van der Waals surface area contributed by atoms with Crippen LogP contribution in [0.2, 0.25) is 0 Å². The fourth-order valence-corrected chi connectivity index (χ4v) is 2.89. The Bertz CT molecular complexity index is 627. The SMILES string of the molecule is CNc1cnccc1C(=O)N1CCC(c2ccccc2)C1. The van der Waals surface area contributed by atoms with Crippen molar-refractivity contribution in [3.05, 3.63) is 59.9 Å². The van der Waals surface area contributed by atoms with E-state index in [9.17, 15) is 4.79 Å². The maximum Gasteiger partial charge on any atom is 0.256 e. The summed E-state index contributed by atoms with van der Waals surface area (Å²) in [5, 5.41) is 3.03. The van der Waals surface area contributed by atoms with E-state index in [1.807, 2.05) is 18.0 Å². The van der Waals surface area contributed by atoms with Gasteiger partial charge in [0.15, 0.2) is 0 Å². The van der Waals surface area contributed by atoms with Crippen molar-refractivity contribution in [1.29, 1.82) is 0 Å². The molecule has 0 saturated carbocycles. The number of anilines is 1. The fraction of sp³-hybridized carbons (Fsp3) is 0.294. The Morgan fingerprint density at radius 1 is 1.29 bits per heavy atom. The summed E-state index contributed by atoms with van der Waals surface area (Å²) >= 11 is 0. The number of nitrogens with one attached hydrogen (secondary N) is 1. The third-order valence-corrected chi connectivity index (χ3v) is 4.07. The molecular weight excluding hydrogens is 262 g/mol. The number of pyridine rings is 1. The largest absolute Gasteiger partial charge is 0.386 e. The van der Waals surface area contributed by atoms with Crippen LogP contribution in [0.3, 0.4) is 0 Å². The topological polar surface area (TPSA) is 45.2 Å². The van der Waals surface area contributed by atoms with Gasteiger partial charge in [0.2, 0.25) is 0 Å². The van der Waals surface area contributed by atoms with E-state index in [0.717, 1.165) is 25.2 Å². The van der Waals surface area contributed by atoms with Gasteiger partial charge in [-0.3, -0.25) is 9.78 Å². The zero-order valence-corrected chi connectivity index (χ0v) is 12.1. The van der Waals surface area contributed by atoms with Gasteiger partial charge in [-0.15, -0.1) is 0 Å². The van der Waals surface area contributed by atoms with Crippen molar-refractivity contribution in [1.82, 2.24) is 9.88 Å². The Labute approximate surface area is 124 Å². The molecule has 21 heavy (non-hydrogen) atoms. The van der Waals surface area contributed by atoms with Crippen molar-refractivity contribution < 1.29 is 4.79 Å². The van der Waals surface area contributed by atoms with E-state index < -0.39 is 0 Å². The lowest BCUT2D eigenvalue weighted by molar-refractivity contribution is 0.0791. The van der Waals surface area contributed by atoms with Crippen molar-refractivity contribution in [2.75, 3.05) is 25.5 Å². The van der Waals surface area contributed by atoms with Gasteiger partial charge < -0.3 is 10.2 Å². The quantitative estimate of drug-likeness (QED) is 0.941. The molecule has 2 aromatic rings. The van der Waals surface area contributed by atoms with Crippen molar-refractivity contribution in [2.24, 2.45) is 0 Å². The summed E-state index contributed by atoms with van der Waals surface area (Å²) in [6, 6.07) is 12.2. The van der Waals surface area contributed by atoms with Crippen LogP contribution in [0.4, 0.5) is 5.69 Å². The standard InChI is InChI=1S/C17H19N3O/c1-18-16-11-19-9-7-15(16)17(21)20-10-8-14(12-20)13-5-3-2-4-6-13/h2-7,9,11,14,18H,8,10,12H2,1H3. The third-order valence-electron chi connectivity index (χ3n) is 4.07. The minimum Gasteiger partial charge on any atom is -0.386 e. The minimum atomic E-state index is 0.0835. The molecule has 0 spiro atoms. The van der Waals surface area contributed by atoms with E-state index in [4.69, 9.17) is 0 Å². The molecule has 0 aliphatic carbocycles. The highest BCUT2D eigenvalue weighted by Crippen LogP contribution is 2.28. The van der Waals surface area contributed by atoms with Crippen LogP contribution >= 0.6 is 0 Å². The molecule has 1 unspecified atom stereocenters. The monoisotopic (exact) mass is 281 g/mol. The Morgan fingerprint density at radius 2 is 2.10 bits per heavy atom. The van der Waals surface area contributed by atoms with Crippen molar-refractivity contribution in [3.8, 4) is 0 Å². The average Bonchev–Trinajstić information content (AvgIpc) is 3.05. The first kappa shape index (κ1) is 13.6. The second kappa shape index (κ2) is 5.95. The maximum atomic E-state index is 12.7. The lowest BCUT2D eigenvalue weighted by atomic mass is 9.99. The Balaban J connectivity index is 1.75. The zero-order valence-electron chi connectivity index (χ0n) is 12.1. The van der Waals surface area contributed by atoms with Gasteiger partial charge in [-0.05, 0) is 18.1 Å². The fourth-order valence-electron chi connectivity index (χ4n) is 2.89. The van der Waals surface area contributed by atoms with Crippen LogP contribution in [-0.4, -0.2) is 35.9 Å². The summed E-state index contributed by atoms with van der Waals surface area (Å²) in [5.41, 5.74) is 2.79. The number of nitrogens with zero attached hydrogens (tertiary/aromatic N) is 2. The third kappa shape index (κ3) is 2.75. The van der Waals surface area contributed by atoms with Gasteiger partial charge in [-0.2, -0.15) is 0 Å². The van der Waals surface area contributed by atoms with Gasteiger partial charge in [0, 0.05) is 32.3 Å². The molecule has 108 valence electrons. The molecule has 0 radical (unpaired) electrons. The number of aromatic nitrogens is 1. The van der Waals surface area contributed by atoms with E-state index >= 15 is 0 Å². The van der Waals surface area contributed by atoms with Gasteiger partial charge >= 0.3 is 0 Å². The molecule has 1 aromatic carbocycles. The number of benzene rings is 1. The first-order chi connectivity index (χ1) is 10.3. The van der Waals surface area contributed by atoms with Crippen molar-refractivity contribution in [3.63, 3.8) is 0 Å². The summed E-state index contributed by atoms with van der Waals surface area (Å²) in [6.45, 7) is 1.60. The lowest BCUT2D eigenvalue weighted by Crippen LogP contribution is -2.29. The van der Waals surface area contributed by atoms with Crippen LogP contribution in [0.15, 0.2) is 48.8 Å². The Morgan fingerprint density at radius 3 is 2.86 bits per heavy atom. The summed E-state index contributed by atoms with van der Waals surface area (Å²) in [7, 11) is 1.81. The molecule has 1 fully saturated rings. The summed E-state index contributed by atoms with van der Waals surface area (Å²) in [6.07, 6.45) is 4.38. The van der Waals surface area contributed by atoms with Crippen LogP contribution < -0.4 is 5.32 Å². The first-order valence-corrected chi connectivity index (χ1v) is 7.25. The van der Waals surface area contributed by atoms with Crippen LogP contribution in [0.5, 0.6) is 0 Å². The average molecular weight is 281 g/mol. The lowest BCUT2D eigenvalue weighted by Gasteiger charge is -2.18. The van der Waals surface area contributed by atoms with E-state index in [1.165, 1.54) is 5.56 Å². The first-order valence-electron chi connectivity index (χ1n) is 7.25. The molecular formula is C17H19N3O. The summed E-state index contributed by atoms with van der Waals surface area (Å²) < 4.78 is 0. The van der Waals surface area contributed by atoms with E-state index in [2.05, 4.69) is 34.6 Å². The predicted molar refractivity (Wildman–Crippen MR) is 83.5 cm³/mol. The van der Waals surface area contributed by atoms with Crippen molar-refractivity contribution in [2.45, 2.75) is 12.3 Å². The molecule has 1 aromatic heterocycles. The second-order valence-corrected chi connectivity index (χ2v) is 5.32. The molecule has 0 bridgehead atoms. The zero-order chi connectivity index (χ0) is 14.7. The van der Waals surface area contributed by atoms with Gasteiger partial charge in [-0.1, -0.05) is 30.3 Å². The van der Waals surface area contributed by atoms with Crippen LogP contribution in [0.1, 0.15) is 28.3 Å². The number of rotatable bonds is 3. The summed E-state index contributed by atoms with van der Waals surface area (Å²) in [4.78, 5) is 18.7. The van der Waals surface area contributed by atoms with Gasteiger partial charge in [-0.25, -0.2) is 0 Å². The number of hydrogen-bond acceptors (Lipinski definition) is 3. The highest BCUT2D eigenvalue weighted by molar-refractivity contribution is 5.99. The number of carbonyl (C=O) groups excluding carboxylic acids is 1. The molecule has 4 nitrogen and oxygen atoms in total. The molecule has 1 N–H and O–H groups in total. The molecule has 3 rings (SSSR count). The molecule has 1 saturated heterocycles. The molecule has 4 heteroatoms. The van der Waals surface area contributed by atoms with Crippen LogP contribution in [-0.2, 0) is 0 Å². The smallest absolute Gasteiger partial charge is 0.256 e. The normalized spacial score (nSPS) is 17.8. The van der Waals surface area contributed by atoms with Gasteiger partial charge in [0.25, 0.3) is 5.91 Å². The van der Waals surface area contributed by atoms with E-state index in [1.54, 1.807) is 18.5 Å². The highest BCUT2D eigenvalue weighted by atomic mass is 16.2.